The van der Waals surface area contributed by atoms with Gasteiger partial charge in [-0.15, -0.1) is 0 Å². The Morgan fingerprint density at radius 3 is 2.30 bits per heavy atom. The minimum atomic E-state index is -0.278. The van der Waals surface area contributed by atoms with Gasteiger partial charge in [-0.1, -0.05) is 32.0 Å². The van der Waals surface area contributed by atoms with Crippen LogP contribution < -0.4 is 0 Å². The standard InChI is InChI=1S/C17H24O3/c1-13(2)15(10-9-14(3)18)11-12-20-17(19)16-7-5-4-6-8-16/h4-8,13,15H,9-12H2,1-3H3/t15-/m1/s1. The second-order valence-electron chi connectivity index (χ2n) is 5.54. The highest BCUT2D eigenvalue weighted by molar-refractivity contribution is 5.89. The smallest absolute Gasteiger partial charge is 0.338 e. The van der Waals surface area contributed by atoms with Crippen molar-refractivity contribution in [3.63, 3.8) is 0 Å². The fraction of sp³-hybridized carbons (Fsp3) is 0.529. The fourth-order valence-corrected chi connectivity index (χ4v) is 2.16. The van der Waals surface area contributed by atoms with E-state index in [4.69, 9.17) is 4.74 Å². The third kappa shape index (κ3) is 6.00. The Labute approximate surface area is 121 Å². The molecule has 1 atom stereocenters. The molecule has 0 unspecified atom stereocenters. The van der Waals surface area contributed by atoms with Gasteiger partial charge in [0.1, 0.15) is 5.78 Å². The third-order valence-corrected chi connectivity index (χ3v) is 3.54. The summed E-state index contributed by atoms with van der Waals surface area (Å²) in [6, 6.07) is 9.00. The maximum absolute atomic E-state index is 11.8. The van der Waals surface area contributed by atoms with Crippen LogP contribution >= 0.6 is 0 Å². The number of hydrogen-bond donors (Lipinski definition) is 0. The number of ketones is 1. The largest absolute Gasteiger partial charge is 0.462 e. The molecule has 0 saturated heterocycles. The molecule has 0 aliphatic carbocycles. The summed E-state index contributed by atoms with van der Waals surface area (Å²) in [5, 5.41) is 0. The van der Waals surface area contributed by atoms with Gasteiger partial charge in [-0.25, -0.2) is 4.79 Å². The van der Waals surface area contributed by atoms with Gasteiger partial charge in [-0.3, -0.25) is 0 Å². The van der Waals surface area contributed by atoms with Crippen LogP contribution in [0.5, 0.6) is 0 Å². The zero-order valence-corrected chi connectivity index (χ0v) is 12.6. The van der Waals surface area contributed by atoms with E-state index in [2.05, 4.69) is 13.8 Å². The van der Waals surface area contributed by atoms with Crippen molar-refractivity contribution in [2.45, 2.75) is 40.0 Å². The number of esters is 1. The molecule has 0 fully saturated rings. The lowest BCUT2D eigenvalue weighted by atomic mass is 9.88. The van der Waals surface area contributed by atoms with Gasteiger partial charge < -0.3 is 9.53 Å². The van der Waals surface area contributed by atoms with Crippen molar-refractivity contribution >= 4 is 11.8 Å². The molecule has 0 radical (unpaired) electrons. The minimum absolute atomic E-state index is 0.219. The second kappa shape index (κ2) is 8.51. The first-order valence-corrected chi connectivity index (χ1v) is 7.22. The zero-order valence-electron chi connectivity index (χ0n) is 12.6. The highest BCUT2D eigenvalue weighted by Crippen LogP contribution is 2.21. The van der Waals surface area contributed by atoms with E-state index in [1.807, 2.05) is 18.2 Å². The molecule has 0 heterocycles. The molecule has 1 aromatic rings. The average Bonchev–Trinajstić information content (AvgIpc) is 2.42. The van der Waals surface area contributed by atoms with Crippen LogP contribution in [0.4, 0.5) is 0 Å². The van der Waals surface area contributed by atoms with Crippen molar-refractivity contribution in [3.05, 3.63) is 35.9 Å². The number of benzene rings is 1. The number of rotatable bonds is 8. The molecule has 1 aromatic carbocycles. The summed E-state index contributed by atoms with van der Waals surface area (Å²) in [4.78, 5) is 22.8. The van der Waals surface area contributed by atoms with Crippen LogP contribution in [0.15, 0.2) is 30.3 Å². The van der Waals surface area contributed by atoms with Gasteiger partial charge >= 0.3 is 5.97 Å². The molecule has 1 rings (SSSR count). The van der Waals surface area contributed by atoms with Crippen LogP contribution in [0, 0.1) is 11.8 Å². The Bertz CT molecular complexity index is 423. The molecular formula is C17H24O3. The van der Waals surface area contributed by atoms with Crippen LogP contribution in [0.3, 0.4) is 0 Å². The normalized spacial score (nSPS) is 12.2. The highest BCUT2D eigenvalue weighted by Gasteiger charge is 2.15. The Kier molecular flexibility index (Phi) is 6.99. The summed E-state index contributed by atoms with van der Waals surface area (Å²) in [5.74, 6) is 0.851. The Hall–Kier alpha value is -1.64. The number of Topliss-reactive ketones (excluding diaryl/α,β-unsaturated/α-hetero) is 1. The summed E-state index contributed by atoms with van der Waals surface area (Å²) < 4.78 is 5.29. The fourth-order valence-electron chi connectivity index (χ4n) is 2.16. The van der Waals surface area contributed by atoms with Gasteiger partial charge in [0.2, 0.25) is 0 Å². The predicted octanol–water partition coefficient (Wildman–Crippen LogP) is 3.87. The molecule has 3 nitrogen and oxygen atoms in total. The first-order valence-electron chi connectivity index (χ1n) is 7.22. The molecule has 0 aliphatic rings. The maximum atomic E-state index is 11.8. The van der Waals surface area contributed by atoms with Crippen molar-refractivity contribution in [3.8, 4) is 0 Å². The van der Waals surface area contributed by atoms with Gasteiger partial charge in [-0.05, 0) is 43.7 Å². The van der Waals surface area contributed by atoms with Crippen LogP contribution in [0.2, 0.25) is 0 Å². The molecule has 110 valence electrons. The minimum Gasteiger partial charge on any atom is -0.462 e. The summed E-state index contributed by atoms with van der Waals surface area (Å²) in [7, 11) is 0. The Morgan fingerprint density at radius 1 is 1.10 bits per heavy atom. The molecule has 0 bridgehead atoms. The first kappa shape index (κ1) is 16.4. The van der Waals surface area contributed by atoms with Crippen molar-refractivity contribution < 1.29 is 14.3 Å². The van der Waals surface area contributed by atoms with E-state index in [1.54, 1.807) is 19.1 Å². The van der Waals surface area contributed by atoms with Gasteiger partial charge in [0, 0.05) is 6.42 Å². The monoisotopic (exact) mass is 276 g/mol. The first-order chi connectivity index (χ1) is 9.50. The molecule has 0 aromatic heterocycles. The van der Waals surface area contributed by atoms with Crippen LogP contribution in [0.25, 0.3) is 0 Å². The van der Waals surface area contributed by atoms with E-state index in [1.165, 1.54) is 0 Å². The second-order valence-corrected chi connectivity index (χ2v) is 5.54. The lowest BCUT2D eigenvalue weighted by Gasteiger charge is -2.20. The SMILES string of the molecule is CC(=O)CC[C@H](CCOC(=O)c1ccccc1)C(C)C. The van der Waals surface area contributed by atoms with Crippen LogP contribution in [-0.2, 0) is 9.53 Å². The number of carbonyl (C=O) groups is 2. The molecular weight excluding hydrogens is 252 g/mol. The lowest BCUT2D eigenvalue weighted by Crippen LogP contribution is -2.15. The van der Waals surface area contributed by atoms with Gasteiger partial charge in [-0.2, -0.15) is 0 Å². The molecule has 0 N–H and O–H groups in total. The summed E-state index contributed by atoms with van der Waals surface area (Å²) in [6.45, 7) is 6.31. The number of carbonyl (C=O) groups excluding carboxylic acids is 2. The predicted molar refractivity (Wildman–Crippen MR) is 79.6 cm³/mol. The summed E-state index contributed by atoms with van der Waals surface area (Å²) in [5.41, 5.74) is 0.581. The van der Waals surface area contributed by atoms with E-state index in [9.17, 15) is 9.59 Å². The van der Waals surface area contributed by atoms with Gasteiger partial charge in [0.25, 0.3) is 0 Å². The molecule has 0 aliphatic heterocycles. The quantitative estimate of drug-likeness (QED) is 0.677. The van der Waals surface area contributed by atoms with E-state index in [-0.39, 0.29) is 11.8 Å². The average molecular weight is 276 g/mol. The molecule has 0 spiro atoms. The molecule has 20 heavy (non-hydrogen) atoms. The zero-order chi connectivity index (χ0) is 15.0. The third-order valence-electron chi connectivity index (χ3n) is 3.54. The van der Waals surface area contributed by atoms with Crippen molar-refractivity contribution in [2.75, 3.05) is 6.61 Å². The van der Waals surface area contributed by atoms with Crippen molar-refractivity contribution in [1.82, 2.24) is 0 Å². The maximum Gasteiger partial charge on any atom is 0.338 e. The van der Waals surface area contributed by atoms with E-state index in [0.29, 0.717) is 30.4 Å². The van der Waals surface area contributed by atoms with E-state index < -0.39 is 0 Å². The Balaban J connectivity index is 2.37. The van der Waals surface area contributed by atoms with Crippen molar-refractivity contribution in [2.24, 2.45) is 11.8 Å². The van der Waals surface area contributed by atoms with Crippen molar-refractivity contribution in [1.29, 1.82) is 0 Å². The molecule has 3 heteroatoms. The topological polar surface area (TPSA) is 43.4 Å². The van der Waals surface area contributed by atoms with Gasteiger partial charge in [0.05, 0.1) is 12.2 Å². The lowest BCUT2D eigenvalue weighted by molar-refractivity contribution is -0.117. The van der Waals surface area contributed by atoms with Crippen LogP contribution in [0.1, 0.15) is 50.4 Å². The van der Waals surface area contributed by atoms with Crippen LogP contribution in [-0.4, -0.2) is 18.4 Å². The molecule has 0 amide bonds. The molecule has 0 saturated carbocycles. The van der Waals surface area contributed by atoms with E-state index >= 15 is 0 Å². The highest BCUT2D eigenvalue weighted by atomic mass is 16.5. The van der Waals surface area contributed by atoms with Gasteiger partial charge in [0.15, 0.2) is 0 Å². The Morgan fingerprint density at radius 2 is 1.75 bits per heavy atom. The number of ether oxygens (including phenoxy) is 1. The summed E-state index contributed by atoms with van der Waals surface area (Å²) >= 11 is 0. The van der Waals surface area contributed by atoms with E-state index in [0.717, 1.165) is 12.8 Å². The summed E-state index contributed by atoms with van der Waals surface area (Å²) in [6.07, 6.45) is 2.29. The number of hydrogen-bond acceptors (Lipinski definition) is 3.